The summed E-state index contributed by atoms with van der Waals surface area (Å²) >= 11 is 1.66. The first-order valence-corrected chi connectivity index (χ1v) is 7.74. The molecule has 0 radical (unpaired) electrons. The molecular formula is C14H19N5OS. The number of nitrogens with two attached hydrogens (primary N) is 2. The third-order valence-corrected chi connectivity index (χ3v) is 3.69. The largest absolute Gasteiger partial charge is 0.492 e. The molecule has 0 spiro atoms. The molecule has 2 rings (SSSR count). The summed E-state index contributed by atoms with van der Waals surface area (Å²) in [5, 5.41) is 0. The van der Waals surface area contributed by atoms with Crippen molar-refractivity contribution in [3.05, 3.63) is 35.2 Å². The highest BCUT2D eigenvalue weighted by atomic mass is 32.2. The van der Waals surface area contributed by atoms with Crippen LogP contribution in [0.4, 0.5) is 11.9 Å². The van der Waals surface area contributed by atoms with Crippen molar-refractivity contribution in [3.63, 3.8) is 0 Å². The van der Waals surface area contributed by atoms with E-state index in [9.17, 15) is 0 Å². The van der Waals surface area contributed by atoms with Gasteiger partial charge in [0.2, 0.25) is 11.9 Å². The van der Waals surface area contributed by atoms with E-state index in [-0.39, 0.29) is 11.9 Å². The van der Waals surface area contributed by atoms with Gasteiger partial charge in [0.1, 0.15) is 11.6 Å². The Morgan fingerprint density at radius 3 is 2.52 bits per heavy atom. The fourth-order valence-corrected chi connectivity index (χ4v) is 2.42. The maximum atomic E-state index is 5.78. The van der Waals surface area contributed by atoms with Crippen LogP contribution < -0.4 is 16.2 Å². The van der Waals surface area contributed by atoms with E-state index >= 15 is 0 Å². The average molecular weight is 305 g/mol. The first kappa shape index (κ1) is 15.4. The van der Waals surface area contributed by atoms with E-state index in [0.29, 0.717) is 18.2 Å². The Morgan fingerprint density at radius 2 is 1.81 bits per heavy atom. The van der Waals surface area contributed by atoms with Crippen molar-refractivity contribution in [3.8, 4) is 5.75 Å². The molecule has 0 atom stereocenters. The van der Waals surface area contributed by atoms with Crippen LogP contribution in [0.3, 0.4) is 0 Å². The van der Waals surface area contributed by atoms with Crippen molar-refractivity contribution in [1.82, 2.24) is 15.0 Å². The fraction of sp³-hybridized carbons (Fsp3) is 0.357. The molecular weight excluding hydrogens is 286 g/mol. The minimum Gasteiger partial charge on any atom is -0.492 e. The van der Waals surface area contributed by atoms with Crippen LogP contribution in [0.15, 0.2) is 18.2 Å². The molecule has 0 amide bonds. The summed E-state index contributed by atoms with van der Waals surface area (Å²) in [6, 6.07) is 6.19. The monoisotopic (exact) mass is 305 g/mol. The molecule has 2 aromatic rings. The van der Waals surface area contributed by atoms with E-state index in [1.165, 1.54) is 5.56 Å². The number of benzene rings is 1. The van der Waals surface area contributed by atoms with Crippen LogP contribution in [0.1, 0.15) is 17.0 Å². The quantitative estimate of drug-likeness (QED) is 0.787. The van der Waals surface area contributed by atoms with Gasteiger partial charge < -0.3 is 16.2 Å². The van der Waals surface area contributed by atoms with Gasteiger partial charge in [-0.2, -0.15) is 26.7 Å². The highest BCUT2D eigenvalue weighted by molar-refractivity contribution is 7.98. The number of anilines is 2. The zero-order valence-corrected chi connectivity index (χ0v) is 13.0. The number of nitrogens with zero attached hydrogens (tertiary/aromatic N) is 3. The van der Waals surface area contributed by atoms with Crippen LogP contribution in [0.25, 0.3) is 0 Å². The topological polar surface area (TPSA) is 99.9 Å². The van der Waals surface area contributed by atoms with Gasteiger partial charge in [-0.05, 0) is 31.0 Å². The molecule has 1 aromatic carbocycles. The number of nitrogen functional groups attached to an aromatic ring is 2. The van der Waals surface area contributed by atoms with Gasteiger partial charge in [-0.1, -0.05) is 12.1 Å². The molecule has 1 heterocycles. The van der Waals surface area contributed by atoms with Gasteiger partial charge in [0.15, 0.2) is 0 Å². The molecule has 21 heavy (non-hydrogen) atoms. The van der Waals surface area contributed by atoms with Gasteiger partial charge in [0, 0.05) is 5.75 Å². The maximum absolute atomic E-state index is 5.78. The summed E-state index contributed by atoms with van der Waals surface area (Å²) in [6.45, 7) is 4.72. The molecule has 1 aromatic heterocycles. The predicted molar refractivity (Wildman–Crippen MR) is 86.2 cm³/mol. The Morgan fingerprint density at radius 1 is 1.10 bits per heavy atom. The summed E-state index contributed by atoms with van der Waals surface area (Å²) in [7, 11) is 0. The van der Waals surface area contributed by atoms with Gasteiger partial charge >= 0.3 is 0 Å². The lowest BCUT2D eigenvalue weighted by molar-refractivity contribution is 0.341. The third-order valence-electron chi connectivity index (χ3n) is 2.78. The second kappa shape index (κ2) is 7.12. The van der Waals surface area contributed by atoms with Crippen molar-refractivity contribution in [2.75, 3.05) is 23.8 Å². The Bertz CT molecular complexity index is 600. The number of aromatic nitrogens is 3. The van der Waals surface area contributed by atoms with E-state index in [0.717, 1.165) is 17.1 Å². The van der Waals surface area contributed by atoms with Gasteiger partial charge in [-0.3, -0.25) is 0 Å². The first-order chi connectivity index (χ1) is 10.0. The Balaban J connectivity index is 1.76. The maximum Gasteiger partial charge on any atom is 0.225 e. The zero-order valence-electron chi connectivity index (χ0n) is 12.2. The summed E-state index contributed by atoms with van der Waals surface area (Å²) in [4.78, 5) is 11.8. The molecule has 7 heteroatoms. The molecule has 0 aliphatic rings. The van der Waals surface area contributed by atoms with Crippen molar-refractivity contribution in [2.24, 2.45) is 0 Å². The van der Waals surface area contributed by atoms with E-state index in [4.69, 9.17) is 16.2 Å². The lowest BCUT2D eigenvalue weighted by Gasteiger charge is -2.09. The summed E-state index contributed by atoms with van der Waals surface area (Å²) in [5.74, 6) is 3.31. The Labute approximate surface area is 128 Å². The summed E-state index contributed by atoms with van der Waals surface area (Å²) in [6.07, 6.45) is 0. The van der Waals surface area contributed by atoms with Crippen LogP contribution in [0.2, 0.25) is 0 Å². The van der Waals surface area contributed by atoms with Gasteiger partial charge in [0.25, 0.3) is 0 Å². The number of hydrogen-bond donors (Lipinski definition) is 2. The van der Waals surface area contributed by atoms with Crippen molar-refractivity contribution >= 4 is 23.7 Å². The van der Waals surface area contributed by atoms with Gasteiger partial charge in [-0.15, -0.1) is 0 Å². The minimum atomic E-state index is 0.157. The third kappa shape index (κ3) is 4.78. The van der Waals surface area contributed by atoms with E-state index in [2.05, 4.69) is 34.0 Å². The zero-order chi connectivity index (χ0) is 15.2. The summed E-state index contributed by atoms with van der Waals surface area (Å²) in [5.41, 5.74) is 13.4. The van der Waals surface area contributed by atoms with E-state index in [1.807, 2.05) is 13.0 Å². The number of rotatable bonds is 6. The van der Waals surface area contributed by atoms with Crippen LogP contribution in [-0.4, -0.2) is 27.3 Å². The molecule has 0 saturated heterocycles. The van der Waals surface area contributed by atoms with Gasteiger partial charge in [-0.25, -0.2) is 0 Å². The second-order valence-corrected chi connectivity index (χ2v) is 5.74. The average Bonchev–Trinajstić information content (AvgIpc) is 2.41. The molecule has 6 nitrogen and oxygen atoms in total. The number of ether oxygens (including phenoxy) is 1. The molecule has 0 bridgehead atoms. The standard InChI is InChI=1S/C14H19N5OS/c1-9-3-4-10(2)11(7-9)20-5-6-21-8-12-17-13(15)19-14(16)18-12/h3-4,7H,5-6,8H2,1-2H3,(H4,15,16,17,18,19). The number of hydrogen-bond acceptors (Lipinski definition) is 7. The highest BCUT2D eigenvalue weighted by Gasteiger charge is 2.03. The van der Waals surface area contributed by atoms with Crippen LogP contribution in [0.5, 0.6) is 5.75 Å². The highest BCUT2D eigenvalue weighted by Crippen LogP contribution is 2.19. The smallest absolute Gasteiger partial charge is 0.225 e. The van der Waals surface area contributed by atoms with E-state index in [1.54, 1.807) is 11.8 Å². The SMILES string of the molecule is Cc1ccc(C)c(OCCSCc2nc(N)nc(N)n2)c1. The lowest BCUT2D eigenvalue weighted by Crippen LogP contribution is -2.07. The number of aryl methyl sites for hydroxylation is 2. The molecule has 4 N–H and O–H groups in total. The van der Waals surface area contributed by atoms with E-state index < -0.39 is 0 Å². The Kier molecular flexibility index (Phi) is 5.21. The molecule has 0 fully saturated rings. The predicted octanol–water partition coefficient (Wildman–Crippen LogP) is 1.97. The molecule has 112 valence electrons. The lowest BCUT2D eigenvalue weighted by atomic mass is 10.1. The molecule has 0 saturated carbocycles. The van der Waals surface area contributed by atoms with Gasteiger partial charge in [0.05, 0.1) is 12.4 Å². The number of thioether (sulfide) groups is 1. The molecule has 0 aliphatic carbocycles. The minimum absolute atomic E-state index is 0.157. The van der Waals surface area contributed by atoms with Crippen molar-refractivity contribution in [1.29, 1.82) is 0 Å². The van der Waals surface area contributed by atoms with Crippen molar-refractivity contribution in [2.45, 2.75) is 19.6 Å². The molecule has 0 unspecified atom stereocenters. The molecule has 0 aliphatic heterocycles. The Hall–Kier alpha value is -2.02. The van der Waals surface area contributed by atoms with Crippen LogP contribution >= 0.6 is 11.8 Å². The fourth-order valence-electron chi connectivity index (χ4n) is 1.76. The first-order valence-electron chi connectivity index (χ1n) is 6.58. The normalized spacial score (nSPS) is 10.6. The van der Waals surface area contributed by atoms with Crippen LogP contribution in [-0.2, 0) is 5.75 Å². The van der Waals surface area contributed by atoms with Crippen molar-refractivity contribution < 1.29 is 4.74 Å². The summed E-state index contributed by atoms with van der Waals surface area (Å²) < 4.78 is 5.78. The van der Waals surface area contributed by atoms with Crippen LogP contribution in [0, 0.1) is 13.8 Å². The second-order valence-electron chi connectivity index (χ2n) is 4.64.